The van der Waals surface area contributed by atoms with Crippen LogP contribution in [0, 0.1) is 17.8 Å². The SMILES string of the molecule is CC(C)(C)OC(=O)OC(=O)OC(C)(C)C.CC(C)[C@@H]1C(=O)NCCN1C(=O)OC(C)(C)C.CC(C)[C@@H]1C(=O)NCCN1C(=O)OCc1ccccc1.CC(C)[C@H]1NCCNC1=O. The average Bonchev–Trinajstić information content (AvgIpc) is 3.12. The zero-order chi connectivity index (χ0) is 47.6. The minimum Gasteiger partial charge on any atom is -0.445 e. The Morgan fingerprint density at radius 3 is 1.37 bits per heavy atom. The maximum absolute atomic E-state index is 12.2. The molecule has 4 N–H and O–H groups in total. The summed E-state index contributed by atoms with van der Waals surface area (Å²) in [5.74, 6) is 0.448. The molecule has 18 heteroatoms. The predicted molar refractivity (Wildman–Crippen MR) is 233 cm³/mol. The first kappa shape index (κ1) is 54.9. The zero-order valence-electron chi connectivity index (χ0n) is 39.6. The standard InChI is InChI=1S/C15H20N2O3.C12H22N2O3.C10H18O5.C7H14N2O/c1-11(2)13-14(18)16-8-9-17(13)15(19)20-10-12-6-4-3-5-7-12;1-8(2)9-10(15)13-6-7-14(9)11(16)17-12(3,4)5;1-9(2,3)14-7(11)13-8(12)15-10(4,5)6;1-5(2)6-7(10)9-4-3-8-6/h3-7,11,13H,8-10H2,1-2H3,(H,16,18);8-9H,6-7H2,1-5H3,(H,13,15);1-6H3;5-6,8H,3-4H2,1-2H3,(H,9,10)/t13-;9-;;6-/m11.1/s1. The highest BCUT2D eigenvalue weighted by Gasteiger charge is 2.38. The maximum Gasteiger partial charge on any atom is 0.519 e. The lowest BCUT2D eigenvalue weighted by molar-refractivity contribution is -0.131. The van der Waals surface area contributed by atoms with E-state index in [0.717, 1.165) is 18.7 Å². The van der Waals surface area contributed by atoms with Gasteiger partial charge < -0.3 is 45.0 Å². The summed E-state index contributed by atoms with van der Waals surface area (Å²) in [4.78, 5) is 83.9. The lowest BCUT2D eigenvalue weighted by atomic mass is 10.0. The van der Waals surface area contributed by atoms with Crippen molar-refractivity contribution in [2.45, 2.75) is 145 Å². The Morgan fingerprint density at radius 1 is 0.581 bits per heavy atom. The molecule has 1 aromatic rings. The van der Waals surface area contributed by atoms with Gasteiger partial charge in [-0.25, -0.2) is 19.2 Å². The molecule has 0 saturated carbocycles. The monoisotopic (exact) mass is 879 g/mol. The Hall–Kier alpha value is -5.13. The van der Waals surface area contributed by atoms with Gasteiger partial charge in [-0.15, -0.1) is 0 Å². The molecule has 352 valence electrons. The Morgan fingerprint density at radius 2 is 1.00 bits per heavy atom. The second-order valence-corrected chi connectivity index (χ2v) is 18.9. The van der Waals surface area contributed by atoms with Crippen molar-refractivity contribution in [3.63, 3.8) is 0 Å². The number of carbonyl (C=O) groups excluding carboxylic acids is 7. The topological polar surface area (TPSA) is 220 Å². The van der Waals surface area contributed by atoms with Crippen molar-refractivity contribution in [2.24, 2.45) is 17.8 Å². The lowest BCUT2D eigenvalue weighted by Gasteiger charge is -2.37. The van der Waals surface area contributed by atoms with Crippen LogP contribution in [-0.2, 0) is 44.7 Å². The van der Waals surface area contributed by atoms with E-state index in [2.05, 4.69) is 26.0 Å². The second-order valence-electron chi connectivity index (χ2n) is 18.9. The molecule has 3 fully saturated rings. The van der Waals surface area contributed by atoms with E-state index in [1.807, 2.05) is 92.6 Å². The smallest absolute Gasteiger partial charge is 0.445 e. The van der Waals surface area contributed by atoms with Gasteiger partial charge in [0.05, 0.1) is 6.04 Å². The first-order chi connectivity index (χ1) is 28.5. The van der Waals surface area contributed by atoms with Gasteiger partial charge in [-0.2, -0.15) is 0 Å². The summed E-state index contributed by atoms with van der Waals surface area (Å²) >= 11 is 0. The fourth-order valence-electron chi connectivity index (χ4n) is 5.99. The normalized spacial score (nSPS) is 19.1. The number of piperazine rings is 3. The molecular weight excluding hydrogens is 805 g/mol. The van der Waals surface area contributed by atoms with Gasteiger partial charge in [0.1, 0.15) is 35.5 Å². The maximum atomic E-state index is 12.2. The number of nitrogens with zero attached hydrogens (tertiary/aromatic N) is 2. The first-order valence-corrected chi connectivity index (χ1v) is 21.2. The molecule has 3 aliphatic heterocycles. The van der Waals surface area contributed by atoms with E-state index in [0.29, 0.717) is 32.1 Å². The largest absolute Gasteiger partial charge is 0.519 e. The molecule has 18 nitrogen and oxygen atoms in total. The molecule has 0 spiro atoms. The van der Waals surface area contributed by atoms with E-state index in [-0.39, 0.29) is 42.2 Å². The van der Waals surface area contributed by atoms with Crippen molar-refractivity contribution < 1.29 is 57.2 Å². The van der Waals surface area contributed by atoms with E-state index < -0.39 is 53.4 Å². The lowest BCUT2D eigenvalue weighted by Crippen LogP contribution is -2.59. The van der Waals surface area contributed by atoms with Gasteiger partial charge >= 0.3 is 24.5 Å². The van der Waals surface area contributed by atoms with Crippen LogP contribution in [0.25, 0.3) is 0 Å². The molecule has 0 unspecified atom stereocenters. The third kappa shape index (κ3) is 21.6. The molecule has 3 atom stereocenters. The molecular formula is C44H74N6O12. The Balaban J connectivity index is 0.000000424. The Bertz CT molecular complexity index is 1590. The number of benzene rings is 1. The molecule has 0 aromatic heterocycles. The van der Waals surface area contributed by atoms with E-state index in [9.17, 15) is 33.6 Å². The zero-order valence-corrected chi connectivity index (χ0v) is 39.6. The second kappa shape index (κ2) is 25.1. The van der Waals surface area contributed by atoms with Crippen LogP contribution in [0.4, 0.5) is 19.2 Å². The van der Waals surface area contributed by atoms with Crippen LogP contribution >= 0.6 is 0 Å². The van der Waals surface area contributed by atoms with Crippen molar-refractivity contribution in [3.05, 3.63) is 35.9 Å². The van der Waals surface area contributed by atoms with Crippen LogP contribution in [0.5, 0.6) is 0 Å². The van der Waals surface area contributed by atoms with Crippen LogP contribution in [0.2, 0.25) is 0 Å². The van der Waals surface area contributed by atoms with Gasteiger partial charge in [0.2, 0.25) is 17.7 Å². The third-order valence-corrected chi connectivity index (χ3v) is 8.53. The van der Waals surface area contributed by atoms with Gasteiger partial charge in [-0.05, 0) is 85.6 Å². The number of hydrogen-bond acceptors (Lipinski definition) is 13. The van der Waals surface area contributed by atoms with Crippen LogP contribution in [0.1, 0.15) is 109 Å². The third-order valence-electron chi connectivity index (χ3n) is 8.53. The molecule has 0 aliphatic carbocycles. The molecule has 0 bridgehead atoms. The average molecular weight is 879 g/mol. The van der Waals surface area contributed by atoms with Crippen LogP contribution in [0.3, 0.4) is 0 Å². The number of nitrogens with one attached hydrogen (secondary N) is 4. The van der Waals surface area contributed by atoms with Crippen LogP contribution in [-0.4, -0.2) is 126 Å². The van der Waals surface area contributed by atoms with E-state index in [4.69, 9.17) is 18.9 Å². The highest BCUT2D eigenvalue weighted by atomic mass is 16.8. The van der Waals surface area contributed by atoms with Gasteiger partial charge in [0.25, 0.3) is 0 Å². The number of amides is 5. The molecule has 4 rings (SSSR count). The van der Waals surface area contributed by atoms with E-state index in [1.54, 1.807) is 41.5 Å². The fraction of sp³-hybridized carbons (Fsp3) is 0.705. The fourth-order valence-corrected chi connectivity index (χ4v) is 5.99. The molecule has 1 aromatic carbocycles. The van der Waals surface area contributed by atoms with Crippen molar-refractivity contribution in [3.8, 4) is 0 Å². The summed E-state index contributed by atoms with van der Waals surface area (Å²) in [6.45, 7) is 31.1. The number of carbonyl (C=O) groups is 7. The summed E-state index contributed by atoms with van der Waals surface area (Å²) in [6.07, 6.45) is -2.96. The van der Waals surface area contributed by atoms with Gasteiger partial charge in [0.15, 0.2) is 0 Å². The summed E-state index contributed by atoms with van der Waals surface area (Å²) in [5, 5.41) is 11.5. The minimum absolute atomic E-state index is 0.0220. The summed E-state index contributed by atoms with van der Waals surface area (Å²) in [5.41, 5.74) is -0.992. The quantitative estimate of drug-likeness (QED) is 0.157. The summed E-state index contributed by atoms with van der Waals surface area (Å²) in [6, 6.07) is 8.64. The molecule has 5 amide bonds. The highest BCUT2D eigenvalue weighted by Crippen LogP contribution is 2.19. The van der Waals surface area contributed by atoms with Gasteiger partial charge in [-0.3, -0.25) is 24.2 Å². The van der Waals surface area contributed by atoms with E-state index in [1.165, 1.54) is 9.80 Å². The van der Waals surface area contributed by atoms with Crippen LogP contribution < -0.4 is 21.3 Å². The number of rotatable bonds is 5. The van der Waals surface area contributed by atoms with Gasteiger partial charge in [0, 0.05) is 39.3 Å². The molecule has 3 heterocycles. The van der Waals surface area contributed by atoms with Gasteiger partial charge in [-0.1, -0.05) is 71.9 Å². The molecule has 3 saturated heterocycles. The van der Waals surface area contributed by atoms with E-state index >= 15 is 0 Å². The highest BCUT2D eigenvalue weighted by molar-refractivity contribution is 5.88. The molecule has 62 heavy (non-hydrogen) atoms. The predicted octanol–water partition coefficient (Wildman–Crippen LogP) is 5.76. The first-order valence-electron chi connectivity index (χ1n) is 21.2. The summed E-state index contributed by atoms with van der Waals surface area (Å²) in [7, 11) is 0. The summed E-state index contributed by atoms with van der Waals surface area (Å²) < 4.78 is 24.4. The number of ether oxygens (including phenoxy) is 5. The molecule has 3 aliphatic rings. The van der Waals surface area contributed by atoms with Crippen molar-refractivity contribution in [1.82, 2.24) is 31.1 Å². The number of hydrogen-bond donors (Lipinski definition) is 4. The minimum atomic E-state index is -1.06. The van der Waals surface area contributed by atoms with Crippen molar-refractivity contribution in [1.29, 1.82) is 0 Å². The Labute approximate surface area is 368 Å². The molecule has 0 radical (unpaired) electrons. The Kier molecular flexibility index (Phi) is 22.2. The van der Waals surface area contributed by atoms with Crippen molar-refractivity contribution >= 4 is 42.2 Å². The van der Waals surface area contributed by atoms with Crippen LogP contribution in [0.15, 0.2) is 30.3 Å². The van der Waals surface area contributed by atoms with Crippen molar-refractivity contribution in [2.75, 3.05) is 39.3 Å².